The van der Waals surface area contributed by atoms with E-state index in [2.05, 4.69) is 26.5 Å². The van der Waals surface area contributed by atoms with E-state index in [9.17, 15) is 0 Å². The molecule has 2 heterocycles. The number of hydrogen-bond acceptors (Lipinski definition) is 5. The van der Waals surface area contributed by atoms with Gasteiger partial charge in [0, 0.05) is 6.07 Å². The van der Waals surface area contributed by atoms with Crippen LogP contribution in [0.5, 0.6) is 11.5 Å². The average Bonchev–Trinajstić information content (AvgIpc) is 2.96. The number of aromatic nitrogens is 4. The van der Waals surface area contributed by atoms with Crippen molar-refractivity contribution < 1.29 is 9.47 Å². The van der Waals surface area contributed by atoms with Crippen molar-refractivity contribution in [2.24, 2.45) is 0 Å². The Labute approximate surface area is 121 Å². The summed E-state index contributed by atoms with van der Waals surface area (Å²) in [6.45, 7) is 4.07. The number of aromatic amines is 1. The second kappa shape index (κ2) is 5.62. The first kappa shape index (κ1) is 13.1. The van der Waals surface area contributed by atoms with Crippen molar-refractivity contribution in [3.05, 3.63) is 43.4 Å². The summed E-state index contributed by atoms with van der Waals surface area (Å²) in [5.74, 6) is 2.06. The highest BCUT2D eigenvalue weighted by atomic mass is 16.5. The average molecular weight is 282 g/mol. The summed E-state index contributed by atoms with van der Waals surface area (Å²) in [6.07, 6.45) is 4.85. The Kier molecular flexibility index (Phi) is 3.51. The van der Waals surface area contributed by atoms with Gasteiger partial charge in [-0.15, -0.1) is 0 Å². The quantitative estimate of drug-likeness (QED) is 0.728. The summed E-state index contributed by atoms with van der Waals surface area (Å²) >= 11 is 0. The van der Waals surface area contributed by atoms with Gasteiger partial charge >= 0.3 is 0 Å². The summed E-state index contributed by atoms with van der Waals surface area (Å²) in [5.41, 5.74) is 2.23. The van der Waals surface area contributed by atoms with Crippen LogP contribution in [0.2, 0.25) is 0 Å². The van der Waals surface area contributed by atoms with E-state index in [1.165, 1.54) is 6.33 Å². The molecule has 0 aliphatic heterocycles. The van der Waals surface area contributed by atoms with Crippen molar-refractivity contribution in [2.45, 2.75) is 0 Å². The molecule has 0 amide bonds. The number of methoxy groups -OCH3 is 1. The first-order chi connectivity index (χ1) is 10.3. The summed E-state index contributed by atoms with van der Waals surface area (Å²) in [5, 5.41) is 0. The summed E-state index contributed by atoms with van der Waals surface area (Å²) < 4.78 is 10.9. The van der Waals surface area contributed by atoms with Crippen molar-refractivity contribution in [3.63, 3.8) is 0 Å². The third kappa shape index (κ3) is 2.55. The second-order valence-corrected chi connectivity index (χ2v) is 4.31. The van der Waals surface area contributed by atoms with Crippen molar-refractivity contribution in [2.75, 3.05) is 13.7 Å². The van der Waals surface area contributed by atoms with Gasteiger partial charge in [0.15, 0.2) is 5.65 Å². The van der Waals surface area contributed by atoms with Crippen molar-refractivity contribution in [3.8, 4) is 22.9 Å². The number of H-pyrrole nitrogens is 1. The molecule has 0 aliphatic rings. The predicted octanol–water partition coefficient (Wildman–Crippen LogP) is 2.59. The number of nitrogens with zero attached hydrogens (tertiary/aromatic N) is 3. The minimum absolute atomic E-state index is 0.447. The molecule has 21 heavy (non-hydrogen) atoms. The topological polar surface area (TPSA) is 72.9 Å². The van der Waals surface area contributed by atoms with Gasteiger partial charge in [-0.2, -0.15) is 0 Å². The highest BCUT2D eigenvalue weighted by Gasteiger charge is 2.12. The Hall–Kier alpha value is -2.89. The van der Waals surface area contributed by atoms with Crippen molar-refractivity contribution >= 4 is 11.2 Å². The molecule has 0 fully saturated rings. The number of rotatable bonds is 5. The lowest BCUT2D eigenvalue weighted by Gasteiger charge is -2.09. The Morgan fingerprint density at radius 3 is 3.05 bits per heavy atom. The monoisotopic (exact) mass is 282 g/mol. The normalized spacial score (nSPS) is 10.5. The minimum Gasteiger partial charge on any atom is -0.496 e. The van der Waals surface area contributed by atoms with Crippen LogP contribution in [-0.4, -0.2) is 33.7 Å². The molecule has 1 aromatic carbocycles. The molecule has 6 nitrogen and oxygen atoms in total. The Bertz CT molecular complexity index is 749. The first-order valence-electron chi connectivity index (χ1n) is 6.39. The molecule has 106 valence electrons. The van der Waals surface area contributed by atoms with Gasteiger partial charge in [0.2, 0.25) is 0 Å². The molecular weight excluding hydrogens is 268 g/mol. The number of imidazole rings is 1. The van der Waals surface area contributed by atoms with Crippen LogP contribution < -0.4 is 9.47 Å². The molecule has 0 unspecified atom stereocenters. The Balaban J connectivity index is 2.02. The molecule has 3 rings (SSSR count). The molecule has 0 saturated heterocycles. The van der Waals surface area contributed by atoms with E-state index in [0.29, 0.717) is 29.6 Å². The highest BCUT2D eigenvalue weighted by Crippen LogP contribution is 2.32. The molecule has 2 aromatic heterocycles. The Morgan fingerprint density at radius 2 is 2.29 bits per heavy atom. The third-order valence-corrected chi connectivity index (χ3v) is 2.96. The van der Waals surface area contributed by atoms with Crippen LogP contribution in [0.3, 0.4) is 0 Å². The van der Waals surface area contributed by atoms with Crippen LogP contribution in [0.4, 0.5) is 0 Å². The largest absolute Gasteiger partial charge is 0.496 e. The number of nitrogens with one attached hydrogen (secondary N) is 1. The lowest BCUT2D eigenvalue weighted by molar-refractivity contribution is 0.357. The maximum Gasteiger partial charge on any atom is 0.181 e. The minimum atomic E-state index is 0.447. The number of fused-ring (bicyclic) bond motifs is 1. The molecule has 0 bridgehead atoms. The molecular formula is C15H14N4O2. The van der Waals surface area contributed by atoms with E-state index in [-0.39, 0.29) is 0 Å². The zero-order valence-corrected chi connectivity index (χ0v) is 11.5. The van der Waals surface area contributed by atoms with Crippen molar-refractivity contribution in [1.29, 1.82) is 0 Å². The van der Waals surface area contributed by atoms with Crippen LogP contribution in [0.15, 0.2) is 43.4 Å². The molecule has 0 radical (unpaired) electrons. The summed E-state index contributed by atoms with van der Waals surface area (Å²) in [4.78, 5) is 15.7. The zero-order valence-electron chi connectivity index (χ0n) is 11.5. The second-order valence-electron chi connectivity index (χ2n) is 4.31. The standard InChI is InChI=1S/C15H14N4O2/c1-3-6-21-10-4-5-11(13(7-10)20-2)14-18-12-8-16-9-17-15(12)19-14/h3-5,7-9H,1,6H2,2H3,(H,16,17,18,19). The van der Waals surface area contributed by atoms with Crippen LogP contribution in [0.25, 0.3) is 22.6 Å². The van der Waals surface area contributed by atoms with E-state index < -0.39 is 0 Å². The van der Waals surface area contributed by atoms with Crippen LogP contribution in [0.1, 0.15) is 0 Å². The molecule has 6 heteroatoms. The van der Waals surface area contributed by atoms with Gasteiger partial charge < -0.3 is 14.5 Å². The number of ether oxygens (including phenoxy) is 2. The molecule has 0 saturated carbocycles. The highest BCUT2D eigenvalue weighted by molar-refractivity contribution is 5.77. The summed E-state index contributed by atoms with van der Waals surface area (Å²) in [6, 6.07) is 5.57. The fourth-order valence-electron chi connectivity index (χ4n) is 2.00. The predicted molar refractivity (Wildman–Crippen MR) is 79.4 cm³/mol. The van der Waals surface area contributed by atoms with Gasteiger partial charge in [0.25, 0.3) is 0 Å². The fraction of sp³-hybridized carbons (Fsp3) is 0.133. The van der Waals surface area contributed by atoms with Gasteiger partial charge in [-0.05, 0) is 12.1 Å². The van der Waals surface area contributed by atoms with Gasteiger partial charge in [0.1, 0.15) is 35.8 Å². The van der Waals surface area contributed by atoms with Gasteiger partial charge in [-0.1, -0.05) is 12.7 Å². The lowest BCUT2D eigenvalue weighted by Crippen LogP contribution is -1.95. The van der Waals surface area contributed by atoms with E-state index in [1.54, 1.807) is 19.4 Å². The molecule has 0 atom stereocenters. The van der Waals surface area contributed by atoms with E-state index >= 15 is 0 Å². The fourth-order valence-corrected chi connectivity index (χ4v) is 2.00. The maximum atomic E-state index is 5.50. The zero-order chi connectivity index (χ0) is 14.7. The van der Waals surface area contributed by atoms with Gasteiger partial charge in [-0.3, -0.25) is 0 Å². The first-order valence-corrected chi connectivity index (χ1v) is 6.39. The molecule has 0 spiro atoms. The summed E-state index contributed by atoms with van der Waals surface area (Å²) in [7, 11) is 1.61. The maximum absolute atomic E-state index is 5.50. The SMILES string of the molecule is C=CCOc1ccc(-c2nc3ncncc3[nH]2)c(OC)c1. The van der Waals surface area contributed by atoms with Crippen molar-refractivity contribution in [1.82, 2.24) is 19.9 Å². The third-order valence-electron chi connectivity index (χ3n) is 2.96. The Morgan fingerprint density at radius 1 is 1.38 bits per heavy atom. The van der Waals surface area contributed by atoms with Crippen LogP contribution >= 0.6 is 0 Å². The number of benzene rings is 1. The number of hydrogen-bond donors (Lipinski definition) is 1. The van der Waals surface area contributed by atoms with Gasteiger partial charge in [0.05, 0.1) is 18.9 Å². The molecule has 3 aromatic rings. The molecule has 0 aliphatic carbocycles. The van der Waals surface area contributed by atoms with Crippen LogP contribution in [-0.2, 0) is 0 Å². The lowest BCUT2D eigenvalue weighted by atomic mass is 10.2. The molecule has 1 N–H and O–H groups in total. The van der Waals surface area contributed by atoms with E-state index in [0.717, 1.165) is 11.1 Å². The smallest absolute Gasteiger partial charge is 0.181 e. The van der Waals surface area contributed by atoms with Gasteiger partial charge in [-0.25, -0.2) is 15.0 Å². The van der Waals surface area contributed by atoms with E-state index in [1.807, 2.05) is 18.2 Å². The van der Waals surface area contributed by atoms with E-state index in [4.69, 9.17) is 9.47 Å². The van der Waals surface area contributed by atoms with Crippen LogP contribution in [0, 0.1) is 0 Å².